The Morgan fingerprint density at radius 3 is 2.19 bits per heavy atom. The molecule has 1 amide bonds. The third-order valence-corrected chi connectivity index (χ3v) is 4.59. The van der Waals surface area contributed by atoms with Crippen LogP contribution >= 0.6 is 0 Å². The summed E-state index contributed by atoms with van der Waals surface area (Å²) in [7, 11) is 0. The monoisotopic (exact) mass is 222 g/mol. The molecule has 2 aliphatic heterocycles. The number of carbonyl (C=O) groups is 1. The topological polar surface area (TPSA) is 32.3 Å². The van der Waals surface area contributed by atoms with E-state index in [2.05, 4.69) is 10.2 Å². The summed E-state index contributed by atoms with van der Waals surface area (Å²) in [6.07, 6.45) is 8.57. The molecule has 1 N–H and O–H groups in total. The molecule has 3 rings (SSSR count). The third kappa shape index (κ3) is 1.75. The molecule has 2 atom stereocenters. The fourth-order valence-electron chi connectivity index (χ4n) is 3.70. The average Bonchev–Trinajstić information content (AvgIpc) is 2.59. The van der Waals surface area contributed by atoms with Crippen LogP contribution in [0.25, 0.3) is 0 Å². The Morgan fingerprint density at radius 1 is 0.938 bits per heavy atom. The number of carbonyl (C=O) groups excluding carboxylic acids is 1. The van der Waals surface area contributed by atoms with Crippen LogP contribution in [0.4, 0.5) is 0 Å². The smallest absolute Gasteiger partial charge is 0.226 e. The maximum Gasteiger partial charge on any atom is 0.226 e. The van der Waals surface area contributed by atoms with E-state index in [1.54, 1.807) is 0 Å². The van der Waals surface area contributed by atoms with Crippen molar-refractivity contribution >= 4 is 5.91 Å². The van der Waals surface area contributed by atoms with Gasteiger partial charge in [0.1, 0.15) is 0 Å². The Kier molecular flexibility index (Phi) is 2.88. The van der Waals surface area contributed by atoms with Crippen LogP contribution in [-0.4, -0.2) is 36.0 Å². The molecule has 3 nitrogen and oxygen atoms in total. The molecule has 0 aromatic rings. The number of hydrogen-bond donors (Lipinski definition) is 1. The van der Waals surface area contributed by atoms with E-state index in [0.29, 0.717) is 23.9 Å². The van der Waals surface area contributed by atoms with Crippen molar-refractivity contribution in [2.24, 2.45) is 5.92 Å². The van der Waals surface area contributed by atoms with Gasteiger partial charge in [-0.2, -0.15) is 0 Å². The summed E-state index contributed by atoms with van der Waals surface area (Å²) in [5.41, 5.74) is 0. The van der Waals surface area contributed by atoms with Gasteiger partial charge in [-0.15, -0.1) is 0 Å². The number of nitrogens with zero attached hydrogens (tertiary/aromatic N) is 1. The van der Waals surface area contributed by atoms with Crippen LogP contribution in [0, 0.1) is 5.92 Å². The second-order valence-electron chi connectivity index (χ2n) is 5.62. The van der Waals surface area contributed by atoms with Crippen molar-refractivity contribution < 1.29 is 4.79 Å². The molecule has 2 bridgehead atoms. The van der Waals surface area contributed by atoms with Gasteiger partial charge in [-0.1, -0.05) is 19.3 Å². The first-order chi connectivity index (χ1) is 7.86. The van der Waals surface area contributed by atoms with Gasteiger partial charge >= 0.3 is 0 Å². The van der Waals surface area contributed by atoms with Crippen LogP contribution in [0.15, 0.2) is 0 Å². The Hall–Kier alpha value is -0.570. The normalized spacial score (nSPS) is 35.4. The van der Waals surface area contributed by atoms with Crippen LogP contribution in [0.1, 0.15) is 44.9 Å². The van der Waals surface area contributed by atoms with Gasteiger partial charge in [-0.05, 0) is 25.7 Å². The summed E-state index contributed by atoms with van der Waals surface area (Å²) in [5.74, 6) is 0.837. The van der Waals surface area contributed by atoms with Gasteiger partial charge in [-0.25, -0.2) is 0 Å². The van der Waals surface area contributed by atoms with Crippen molar-refractivity contribution in [1.82, 2.24) is 10.2 Å². The van der Waals surface area contributed by atoms with Crippen LogP contribution in [0.2, 0.25) is 0 Å². The minimum atomic E-state index is 0.356. The van der Waals surface area contributed by atoms with Crippen LogP contribution in [-0.2, 0) is 4.79 Å². The number of fused-ring (bicyclic) bond motifs is 2. The lowest BCUT2D eigenvalue weighted by Gasteiger charge is -2.38. The van der Waals surface area contributed by atoms with E-state index in [9.17, 15) is 4.79 Å². The predicted molar refractivity (Wildman–Crippen MR) is 63.1 cm³/mol. The molecule has 3 aliphatic rings. The van der Waals surface area contributed by atoms with E-state index in [4.69, 9.17) is 0 Å². The quantitative estimate of drug-likeness (QED) is 0.729. The first-order valence-electron chi connectivity index (χ1n) is 6.89. The predicted octanol–water partition coefficient (Wildman–Crippen LogP) is 1.53. The lowest BCUT2D eigenvalue weighted by Crippen LogP contribution is -2.55. The summed E-state index contributed by atoms with van der Waals surface area (Å²) in [5, 5.41) is 3.44. The summed E-state index contributed by atoms with van der Waals surface area (Å²) < 4.78 is 0. The molecule has 3 heteroatoms. The number of nitrogens with one attached hydrogen (secondary N) is 1. The Balaban J connectivity index is 1.69. The Morgan fingerprint density at radius 2 is 1.56 bits per heavy atom. The molecule has 2 heterocycles. The number of piperazine rings is 1. The molecule has 1 aliphatic carbocycles. The third-order valence-electron chi connectivity index (χ3n) is 4.59. The van der Waals surface area contributed by atoms with E-state index < -0.39 is 0 Å². The average molecular weight is 222 g/mol. The Labute approximate surface area is 97.6 Å². The highest BCUT2D eigenvalue weighted by atomic mass is 16.2. The van der Waals surface area contributed by atoms with Crippen molar-refractivity contribution in [1.29, 1.82) is 0 Å². The summed E-state index contributed by atoms with van der Waals surface area (Å²) >= 11 is 0. The van der Waals surface area contributed by atoms with Gasteiger partial charge in [-0.3, -0.25) is 4.79 Å². The standard InChI is InChI=1S/C13H22N2O/c16-13(10-4-2-1-3-5-10)15-11-6-7-12(15)9-14-8-11/h10-12,14H,1-9H2. The fraction of sp³-hybridized carbons (Fsp3) is 0.923. The fourth-order valence-corrected chi connectivity index (χ4v) is 3.70. The zero-order valence-electron chi connectivity index (χ0n) is 9.95. The van der Waals surface area contributed by atoms with E-state index in [-0.39, 0.29) is 0 Å². The molecular weight excluding hydrogens is 200 g/mol. The molecule has 3 fully saturated rings. The minimum Gasteiger partial charge on any atom is -0.334 e. The molecule has 0 radical (unpaired) electrons. The highest BCUT2D eigenvalue weighted by Gasteiger charge is 2.41. The summed E-state index contributed by atoms with van der Waals surface area (Å²) in [6.45, 7) is 2.05. The van der Waals surface area contributed by atoms with Crippen LogP contribution in [0.3, 0.4) is 0 Å². The molecular formula is C13H22N2O. The molecule has 0 aromatic carbocycles. The van der Waals surface area contributed by atoms with Crippen molar-refractivity contribution in [2.45, 2.75) is 57.0 Å². The Bertz CT molecular complexity index is 257. The zero-order chi connectivity index (χ0) is 11.0. The molecule has 1 saturated carbocycles. The van der Waals surface area contributed by atoms with Gasteiger partial charge in [0.25, 0.3) is 0 Å². The van der Waals surface area contributed by atoms with Crippen LogP contribution in [0.5, 0.6) is 0 Å². The van der Waals surface area contributed by atoms with Gasteiger partial charge in [0.05, 0.1) is 0 Å². The molecule has 90 valence electrons. The minimum absolute atomic E-state index is 0.356. The number of amides is 1. The van der Waals surface area contributed by atoms with Crippen molar-refractivity contribution in [2.75, 3.05) is 13.1 Å². The zero-order valence-corrected chi connectivity index (χ0v) is 9.95. The molecule has 2 saturated heterocycles. The van der Waals surface area contributed by atoms with Gasteiger partial charge in [0, 0.05) is 31.1 Å². The summed E-state index contributed by atoms with van der Waals surface area (Å²) in [6, 6.07) is 1.02. The first kappa shape index (κ1) is 10.6. The van der Waals surface area contributed by atoms with E-state index in [1.165, 1.54) is 32.1 Å². The largest absolute Gasteiger partial charge is 0.334 e. The highest BCUT2D eigenvalue weighted by Crippen LogP contribution is 2.32. The molecule has 0 aromatic heterocycles. The van der Waals surface area contributed by atoms with E-state index in [1.807, 2.05) is 0 Å². The number of hydrogen-bond acceptors (Lipinski definition) is 2. The molecule has 16 heavy (non-hydrogen) atoms. The van der Waals surface area contributed by atoms with Gasteiger partial charge in [0.2, 0.25) is 5.91 Å². The lowest BCUT2D eigenvalue weighted by molar-refractivity contribution is -0.140. The van der Waals surface area contributed by atoms with Gasteiger partial charge in [0.15, 0.2) is 0 Å². The summed E-state index contributed by atoms with van der Waals surface area (Å²) in [4.78, 5) is 14.8. The number of rotatable bonds is 1. The van der Waals surface area contributed by atoms with E-state index >= 15 is 0 Å². The highest BCUT2D eigenvalue weighted by molar-refractivity contribution is 5.80. The van der Waals surface area contributed by atoms with Gasteiger partial charge < -0.3 is 10.2 Å². The maximum atomic E-state index is 12.5. The van der Waals surface area contributed by atoms with E-state index in [0.717, 1.165) is 25.9 Å². The molecule has 0 spiro atoms. The van der Waals surface area contributed by atoms with Crippen molar-refractivity contribution in [3.8, 4) is 0 Å². The van der Waals surface area contributed by atoms with Crippen molar-refractivity contribution in [3.63, 3.8) is 0 Å². The SMILES string of the molecule is O=C(C1CCCCC1)N1C2CCC1CNC2. The van der Waals surface area contributed by atoms with Crippen molar-refractivity contribution in [3.05, 3.63) is 0 Å². The second kappa shape index (κ2) is 4.36. The first-order valence-corrected chi connectivity index (χ1v) is 6.89. The molecule has 2 unspecified atom stereocenters. The maximum absolute atomic E-state index is 12.5. The second-order valence-corrected chi connectivity index (χ2v) is 5.62. The lowest BCUT2D eigenvalue weighted by atomic mass is 9.87. The van der Waals surface area contributed by atoms with Crippen LogP contribution < -0.4 is 5.32 Å².